The summed E-state index contributed by atoms with van der Waals surface area (Å²) in [6.45, 7) is 4.71. The number of benzene rings is 3. The standard InChI is InChI=1S/C24H24O4/c1-3-4-15-27-20-10-6-18(7-11-20)19-8-12-21(13-9-19)28-24(26)22-14-5-17(2)16-23(22)25/h5-14,16,25H,3-4,15H2,1-2H3. The molecule has 28 heavy (non-hydrogen) atoms. The first kappa shape index (κ1) is 19.5. The Morgan fingerprint density at radius 3 is 2.07 bits per heavy atom. The highest BCUT2D eigenvalue weighted by atomic mass is 16.5. The van der Waals surface area contributed by atoms with E-state index >= 15 is 0 Å². The fraction of sp³-hybridized carbons (Fsp3) is 0.208. The lowest BCUT2D eigenvalue weighted by molar-refractivity contribution is 0.0731. The van der Waals surface area contributed by atoms with Gasteiger partial charge in [0.1, 0.15) is 22.8 Å². The maximum Gasteiger partial charge on any atom is 0.347 e. The molecule has 3 aromatic rings. The lowest BCUT2D eigenvalue weighted by atomic mass is 10.1. The first-order valence-electron chi connectivity index (χ1n) is 9.42. The van der Waals surface area contributed by atoms with Gasteiger partial charge in [-0.3, -0.25) is 0 Å². The first-order chi connectivity index (χ1) is 13.6. The van der Waals surface area contributed by atoms with Crippen molar-refractivity contribution < 1.29 is 19.4 Å². The molecule has 0 aliphatic rings. The lowest BCUT2D eigenvalue weighted by Gasteiger charge is -2.09. The minimum atomic E-state index is -0.584. The molecule has 4 heteroatoms. The van der Waals surface area contributed by atoms with Crippen LogP contribution in [-0.2, 0) is 0 Å². The van der Waals surface area contributed by atoms with Crippen LogP contribution in [0, 0.1) is 6.92 Å². The van der Waals surface area contributed by atoms with E-state index in [9.17, 15) is 9.90 Å². The Kier molecular flexibility index (Phi) is 6.33. The number of esters is 1. The summed E-state index contributed by atoms with van der Waals surface area (Å²) in [4.78, 5) is 12.3. The number of hydrogen-bond acceptors (Lipinski definition) is 4. The van der Waals surface area contributed by atoms with E-state index in [1.807, 2.05) is 43.3 Å². The van der Waals surface area contributed by atoms with Crippen LogP contribution in [0.3, 0.4) is 0 Å². The van der Waals surface area contributed by atoms with Gasteiger partial charge < -0.3 is 14.6 Å². The van der Waals surface area contributed by atoms with Crippen LogP contribution in [-0.4, -0.2) is 17.7 Å². The highest BCUT2D eigenvalue weighted by Gasteiger charge is 2.13. The number of phenols is 1. The summed E-state index contributed by atoms with van der Waals surface area (Å²) in [6.07, 6.45) is 2.15. The van der Waals surface area contributed by atoms with Gasteiger partial charge in [0.2, 0.25) is 0 Å². The van der Waals surface area contributed by atoms with Crippen molar-refractivity contribution in [3.63, 3.8) is 0 Å². The Morgan fingerprint density at radius 1 is 0.893 bits per heavy atom. The van der Waals surface area contributed by atoms with Crippen molar-refractivity contribution in [2.45, 2.75) is 26.7 Å². The molecule has 0 bridgehead atoms. The van der Waals surface area contributed by atoms with Gasteiger partial charge in [-0.25, -0.2) is 4.79 Å². The quantitative estimate of drug-likeness (QED) is 0.323. The van der Waals surface area contributed by atoms with Crippen LogP contribution >= 0.6 is 0 Å². The molecule has 0 unspecified atom stereocenters. The molecular formula is C24H24O4. The summed E-state index contributed by atoms with van der Waals surface area (Å²) < 4.78 is 11.0. The zero-order valence-corrected chi connectivity index (χ0v) is 16.1. The molecule has 0 aliphatic heterocycles. The Hall–Kier alpha value is -3.27. The van der Waals surface area contributed by atoms with Crippen molar-refractivity contribution in [3.05, 3.63) is 77.9 Å². The zero-order valence-electron chi connectivity index (χ0n) is 16.1. The molecule has 3 aromatic carbocycles. The average molecular weight is 376 g/mol. The third-order valence-corrected chi connectivity index (χ3v) is 4.39. The highest BCUT2D eigenvalue weighted by Crippen LogP contribution is 2.26. The molecule has 0 fully saturated rings. The lowest BCUT2D eigenvalue weighted by Crippen LogP contribution is -2.08. The molecule has 3 rings (SSSR count). The zero-order chi connectivity index (χ0) is 19.9. The van der Waals surface area contributed by atoms with Crippen LogP contribution in [0.4, 0.5) is 0 Å². The van der Waals surface area contributed by atoms with E-state index in [0.717, 1.165) is 41.9 Å². The molecule has 4 nitrogen and oxygen atoms in total. The molecule has 0 aliphatic carbocycles. The fourth-order valence-corrected chi connectivity index (χ4v) is 2.77. The van der Waals surface area contributed by atoms with Gasteiger partial charge in [-0.05, 0) is 66.4 Å². The van der Waals surface area contributed by atoms with Gasteiger partial charge in [0.25, 0.3) is 0 Å². The summed E-state index contributed by atoms with van der Waals surface area (Å²) >= 11 is 0. The smallest absolute Gasteiger partial charge is 0.347 e. The molecule has 0 saturated heterocycles. The van der Waals surface area contributed by atoms with Crippen molar-refractivity contribution in [2.75, 3.05) is 6.61 Å². The fourth-order valence-electron chi connectivity index (χ4n) is 2.77. The van der Waals surface area contributed by atoms with Crippen LogP contribution in [0.1, 0.15) is 35.7 Å². The second-order valence-corrected chi connectivity index (χ2v) is 6.66. The van der Waals surface area contributed by atoms with E-state index in [-0.39, 0.29) is 11.3 Å². The minimum absolute atomic E-state index is 0.0807. The second-order valence-electron chi connectivity index (χ2n) is 6.66. The van der Waals surface area contributed by atoms with Crippen LogP contribution in [0.25, 0.3) is 11.1 Å². The summed E-state index contributed by atoms with van der Waals surface area (Å²) in [5, 5.41) is 9.91. The number of unbranched alkanes of at least 4 members (excludes halogenated alkanes) is 1. The molecule has 0 atom stereocenters. The third-order valence-electron chi connectivity index (χ3n) is 4.39. The summed E-state index contributed by atoms with van der Waals surface area (Å²) in [6, 6.07) is 20.1. The molecule has 0 aromatic heterocycles. The molecule has 0 amide bonds. The van der Waals surface area contributed by atoms with E-state index in [1.54, 1.807) is 24.3 Å². The molecule has 0 saturated carbocycles. The van der Waals surface area contributed by atoms with Gasteiger partial charge in [-0.1, -0.05) is 43.7 Å². The van der Waals surface area contributed by atoms with E-state index in [2.05, 4.69) is 6.92 Å². The maximum absolute atomic E-state index is 12.3. The number of aryl methyl sites for hydroxylation is 1. The predicted octanol–water partition coefficient (Wildman–Crippen LogP) is 5.77. The first-order valence-corrected chi connectivity index (χ1v) is 9.42. The number of rotatable bonds is 7. The monoisotopic (exact) mass is 376 g/mol. The SMILES string of the molecule is CCCCOc1ccc(-c2ccc(OC(=O)c3ccc(C)cc3O)cc2)cc1. The van der Waals surface area contributed by atoms with E-state index in [4.69, 9.17) is 9.47 Å². The van der Waals surface area contributed by atoms with Crippen molar-refractivity contribution >= 4 is 5.97 Å². The Bertz CT molecular complexity index is 928. The Morgan fingerprint density at radius 2 is 1.50 bits per heavy atom. The predicted molar refractivity (Wildman–Crippen MR) is 110 cm³/mol. The molecule has 0 radical (unpaired) electrons. The van der Waals surface area contributed by atoms with Crippen LogP contribution in [0.2, 0.25) is 0 Å². The molecular weight excluding hydrogens is 352 g/mol. The van der Waals surface area contributed by atoms with E-state index < -0.39 is 5.97 Å². The molecule has 0 spiro atoms. The molecule has 144 valence electrons. The number of phenolic OH excluding ortho intramolecular Hbond substituents is 1. The van der Waals surface area contributed by atoms with Crippen LogP contribution in [0.15, 0.2) is 66.7 Å². The Labute approximate surface area is 165 Å². The van der Waals surface area contributed by atoms with Crippen LogP contribution in [0.5, 0.6) is 17.2 Å². The number of carbonyl (C=O) groups is 1. The van der Waals surface area contributed by atoms with Gasteiger partial charge in [0, 0.05) is 0 Å². The van der Waals surface area contributed by atoms with E-state index in [1.165, 1.54) is 6.07 Å². The molecule has 0 heterocycles. The van der Waals surface area contributed by atoms with E-state index in [0.29, 0.717) is 5.75 Å². The summed E-state index contributed by atoms with van der Waals surface area (Å²) in [5.74, 6) is 0.621. The van der Waals surface area contributed by atoms with Gasteiger partial charge in [0.05, 0.1) is 6.61 Å². The van der Waals surface area contributed by atoms with Crippen molar-refractivity contribution in [1.29, 1.82) is 0 Å². The molecule has 1 N–H and O–H groups in total. The van der Waals surface area contributed by atoms with Gasteiger partial charge >= 0.3 is 5.97 Å². The summed E-state index contributed by atoms with van der Waals surface area (Å²) in [7, 11) is 0. The van der Waals surface area contributed by atoms with Crippen LogP contribution < -0.4 is 9.47 Å². The number of hydrogen-bond donors (Lipinski definition) is 1. The highest BCUT2D eigenvalue weighted by molar-refractivity contribution is 5.94. The topological polar surface area (TPSA) is 55.8 Å². The third kappa shape index (κ3) is 4.92. The maximum atomic E-state index is 12.3. The normalized spacial score (nSPS) is 10.5. The largest absolute Gasteiger partial charge is 0.507 e. The average Bonchev–Trinajstić information content (AvgIpc) is 2.69. The van der Waals surface area contributed by atoms with Gasteiger partial charge in [-0.2, -0.15) is 0 Å². The Balaban J connectivity index is 1.65. The van der Waals surface area contributed by atoms with Gasteiger partial charge in [0.15, 0.2) is 0 Å². The number of carbonyl (C=O) groups excluding carboxylic acids is 1. The second kappa shape index (κ2) is 9.09. The number of aromatic hydroxyl groups is 1. The summed E-state index contributed by atoms with van der Waals surface area (Å²) in [5.41, 5.74) is 3.09. The minimum Gasteiger partial charge on any atom is -0.507 e. The van der Waals surface area contributed by atoms with Crippen molar-refractivity contribution in [1.82, 2.24) is 0 Å². The van der Waals surface area contributed by atoms with Crippen molar-refractivity contribution in [3.8, 4) is 28.4 Å². The number of ether oxygens (including phenoxy) is 2. The van der Waals surface area contributed by atoms with Crippen molar-refractivity contribution in [2.24, 2.45) is 0 Å². The van der Waals surface area contributed by atoms with Gasteiger partial charge in [-0.15, -0.1) is 0 Å².